The van der Waals surface area contributed by atoms with Gasteiger partial charge in [-0.2, -0.15) is 0 Å². The Bertz CT molecular complexity index is 556. The minimum Gasteiger partial charge on any atom is -0.489 e. The summed E-state index contributed by atoms with van der Waals surface area (Å²) in [7, 11) is 0. The van der Waals surface area contributed by atoms with Gasteiger partial charge in [-0.25, -0.2) is 4.98 Å². The Labute approximate surface area is 119 Å². The van der Waals surface area contributed by atoms with Crippen LogP contribution < -0.4 is 10.1 Å². The van der Waals surface area contributed by atoms with E-state index in [1.807, 2.05) is 38.1 Å². The molecule has 0 spiro atoms. The van der Waals surface area contributed by atoms with Gasteiger partial charge in [0.05, 0.1) is 12.2 Å². The molecule has 1 heterocycles. The van der Waals surface area contributed by atoms with Gasteiger partial charge in [-0.3, -0.25) is 0 Å². The number of para-hydroxylation sites is 1. The Balaban J connectivity index is 1.91. The molecule has 0 amide bonds. The van der Waals surface area contributed by atoms with E-state index in [2.05, 4.69) is 16.9 Å². The quantitative estimate of drug-likeness (QED) is 0.787. The number of hydrogen-bond acceptors (Lipinski definition) is 4. The van der Waals surface area contributed by atoms with Crippen molar-refractivity contribution < 1.29 is 9.15 Å². The molecule has 0 fully saturated rings. The van der Waals surface area contributed by atoms with E-state index in [9.17, 15) is 0 Å². The van der Waals surface area contributed by atoms with Crippen molar-refractivity contribution in [2.45, 2.75) is 26.9 Å². The van der Waals surface area contributed by atoms with Crippen LogP contribution in [0.5, 0.6) is 5.75 Å². The maximum absolute atomic E-state index is 5.62. The Morgan fingerprint density at radius 3 is 2.80 bits per heavy atom. The van der Waals surface area contributed by atoms with Gasteiger partial charge in [-0.15, -0.1) is 0 Å². The molecule has 0 saturated carbocycles. The second-order valence-corrected chi connectivity index (χ2v) is 4.56. The molecule has 0 saturated heterocycles. The predicted octanol–water partition coefficient (Wildman–Crippen LogP) is 3.15. The molecule has 1 aromatic heterocycles. The van der Waals surface area contributed by atoms with Crippen LogP contribution in [0, 0.1) is 13.8 Å². The molecule has 1 aromatic carbocycles. The van der Waals surface area contributed by atoms with Crippen LogP contribution in [0.4, 0.5) is 0 Å². The summed E-state index contributed by atoms with van der Waals surface area (Å²) in [6.45, 7) is 9.34. The average Bonchev–Trinajstić information content (AvgIpc) is 2.76. The standard InChI is InChI=1S/C16H20N2O2/c1-4-9-19-15-8-6-5-7-14(15)10-17-11-16-18-12(2)13(3)20-16/h4-8,17H,1,9-11H2,2-3H3. The largest absolute Gasteiger partial charge is 0.489 e. The van der Waals surface area contributed by atoms with Crippen LogP contribution in [0.2, 0.25) is 0 Å². The van der Waals surface area contributed by atoms with Gasteiger partial charge in [-0.1, -0.05) is 30.9 Å². The van der Waals surface area contributed by atoms with Gasteiger partial charge in [0.1, 0.15) is 18.1 Å². The lowest BCUT2D eigenvalue weighted by Gasteiger charge is -2.10. The zero-order valence-corrected chi connectivity index (χ0v) is 12.0. The van der Waals surface area contributed by atoms with Crippen molar-refractivity contribution >= 4 is 0 Å². The van der Waals surface area contributed by atoms with Gasteiger partial charge in [0, 0.05) is 12.1 Å². The number of aromatic nitrogens is 1. The lowest BCUT2D eigenvalue weighted by molar-refractivity contribution is 0.357. The van der Waals surface area contributed by atoms with Crippen molar-refractivity contribution in [3.8, 4) is 5.75 Å². The summed E-state index contributed by atoms with van der Waals surface area (Å²) < 4.78 is 11.1. The van der Waals surface area contributed by atoms with Gasteiger partial charge < -0.3 is 14.5 Å². The average molecular weight is 272 g/mol. The predicted molar refractivity (Wildman–Crippen MR) is 78.7 cm³/mol. The highest BCUT2D eigenvalue weighted by Gasteiger charge is 2.06. The molecule has 1 N–H and O–H groups in total. The van der Waals surface area contributed by atoms with Crippen molar-refractivity contribution in [2.75, 3.05) is 6.61 Å². The summed E-state index contributed by atoms with van der Waals surface area (Å²) >= 11 is 0. The Hall–Kier alpha value is -2.07. The zero-order chi connectivity index (χ0) is 14.4. The van der Waals surface area contributed by atoms with E-state index in [1.165, 1.54) is 0 Å². The number of rotatable bonds is 7. The lowest BCUT2D eigenvalue weighted by Crippen LogP contribution is -2.14. The Morgan fingerprint density at radius 1 is 1.30 bits per heavy atom. The molecule has 0 aliphatic carbocycles. The molecule has 0 atom stereocenters. The van der Waals surface area contributed by atoms with Crippen molar-refractivity contribution in [2.24, 2.45) is 0 Å². The van der Waals surface area contributed by atoms with Gasteiger partial charge >= 0.3 is 0 Å². The van der Waals surface area contributed by atoms with Gasteiger partial charge in [0.2, 0.25) is 5.89 Å². The first-order valence-corrected chi connectivity index (χ1v) is 6.66. The molecular formula is C16H20N2O2. The van der Waals surface area contributed by atoms with E-state index in [4.69, 9.17) is 9.15 Å². The third-order valence-electron chi connectivity index (χ3n) is 2.99. The first-order chi connectivity index (χ1) is 9.70. The van der Waals surface area contributed by atoms with E-state index >= 15 is 0 Å². The van der Waals surface area contributed by atoms with Gasteiger partial charge in [0.15, 0.2) is 0 Å². The number of aryl methyl sites for hydroxylation is 2. The Kier molecular flexibility index (Phi) is 4.96. The van der Waals surface area contributed by atoms with Crippen LogP contribution in [0.1, 0.15) is 22.9 Å². The number of benzene rings is 1. The summed E-state index contributed by atoms with van der Waals surface area (Å²) in [5.74, 6) is 2.46. The molecular weight excluding hydrogens is 252 g/mol. The van der Waals surface area contributed by atoms with E-state index in [1.54, 1.807) is 6.08 Å². The molecule has 0 aliphatic rings. The monoisotopic (exact) mass is 272 g/mol. The highest BCUT2D eigenvalue weighted by molar-refractivity contribution is 5.33. The number of ether oxygens (including phenoxy) is 1. The maximum atomic E-state index is 5.62. The highest BCUT2D eigenvalue weighted by Crippen LogP contribution is 2.18. The fraction of sp³-hybridized carbons (Fsp3) is 0.312. The molecule has 4 nitrogen and oxygen atoms in total. The van der Waals surface area contributed by atoms with Crippen LogP contribution in [-0.2, 0) is 13.1 Å². The Morgan fingerprint density at radius 2 is 2.10 bits per heavy atom. The van der Waals surface area contributed by atoms with E-state index < -0.39 is 0 Å². The smallest absolute Gasteiger partial charge is 0.208 e. The molecule has 2 rings (SSSR count). The van der Waals surface area contributed by atoms with Crippen molar-refractivity contribution in [1.82, 2.24) is 10.3 Å². The topological polar surface area (TPSA) is 47.3 Å². The van der Waals surface area contributed by atoms with Crippen LogP contribution in [0.3, 0.4) is 0 Å². The SMILES string of the molecule is C=CCOc1ccccc1CNCc1nc(C)c(C)o1. The molecule has 2 aromatic rings. The third kappa shape index (κ3) is 3.71. The van der Waals surface area contributed by atoms with Crippen molar-refractivity contribution in [1.29, 1.82) is 0 Å². The van der Waals surface area contributed by atoms with Crippen molar-refractivity contribution in [3.05, 3.63) is 59.8 Å². The minimum absolute atomic E-state index is 0.509. The molecule has 106 valence electrons. The molecule has 0 radical (unpaired) electrons. The van der Waals surface area contributed by atoms with E-state index in [-0.39, 0.29) is 0 Å². The summed E-state index contributed by atoms with van der Waals surface area (Å²) in [5, 5.41) is 3.31. The third-order valence-corrected chi connectivity index (χ3v) is 2.99. The summed E-state index contributed by atoms with van der Waals surface area (Å²) in [6.07, 6.45) is 1.74. The summed E-state index contributed by atoms with van der Waals surface area (Å²) in [4.78, 5) is 4.34. The number of nitrogens with one attached hydrogen (secondary N) is 1. The van der Waals surface area contributed by atoms with Crippen LogP contribution >= 0.6 is 0 Å². The van der Waals surface area contributed by atoms with Gasteiger partial charge in [0.25, 0.3) is 0 Å². The first kappa shape index (κ1) is 14.3. The summed E-state index contributed by atoms with van der Waals surface area (Å²) in [6, 6.07) is 7.96. The second-order valence-electron chi connectivity index (χ2n) is 4.56. The molecule has 0 bridgehead atoms. The van der Waals surface area contributed by atoms with Crippen molar-refractivity contribution in [3.63, 3.8) is 0 Å². The zero-order valence-electron chi connectivity index (χ0n) is 12.0. The van der Waals surface area contributed by atoms with Crippen LogP contribution in [0.25, 0.3) is 0 Å². The fourth-order valence-electron chi connectivity index (χ4n) is 1.86. The molecule has 0 unspecified atom stereocenters. The molecule has 0 aliphatic heterocycles. The van der Waals surface area contributed by atoms with Gasteiger partial charge in [-0.05, 0) is 19.9 Å². The maximum Gasteiger partial charge on any atom is 0.208 e. The fourth-order valence-corrected chi connectivity index (χ4v) is 1.86. The van der Waals surface area contributed by atoms with Crippen LogP contribution in [-0.4, -0.2) is 11.6 Å². The lowest BCUT2D eigenvalue weighted by atomic mass is 10.2. The number of hydrogen-bond donors (Lipinski definition) is 1. The van der Waals surface area contributed by atoms with E-state index in [0.717, 1.165) is 22.8 Å². The molecule has 4 heteroatoms. The highest BCUT2D eigenvalue weighted by atomic mass is 16.5. The molecule has 20 heavy (non-hydrogen) atoms. The summed E-state index contributed by atoms with van der Waals surface area (Å²) in [5.41, 5.74) is 2.05. The second kappa shape index (κ2) is 6.91. The normalized spacial score (nSPS) is 10.5. The van der Waals surface area contributed by atoms with E-state index in [0.29, 0.717) is 25.6 Å². The number of nitrogens with zero attached hydrogens (tertiary/aromatic N) is 1. The first-order valence-electron chi connectivity index (χ1n) is 6.66. The van der Waals surface area contributed by atoms with Crippen LogP contribution in [0.15, 0.2) is 41.3 Å². The minimum atomic E-state index is 0.509. The number of oxazole rings is 1.